The molecule has 0 unspecified atom stereocenters. The third kappa shape index (κ3) is 6.95. The number of rotatable bonds is 10. The van der Waals surface area contributed by atoms with Crippen molar-refractivity contribution in [2.24, 2.45) is 0 Å². The number of ether oxygens (including phenoxy) is 1. The summed E-state index contributed by atoms with van der Waals surface area (Å²) in [7, 11) is 0. The molecular weight excluding hydrogens is 688 g/mol. The molecule has 0 radical (unpaired) electrons. The van der Waals surface area contributed by atoms with Crippen LogP contribution in [0.5, 0.6) is 5.75 Å². The fourth-order valence-corrected chi connectivity index (χ4v) is 6.10. The number of carbonyl (C=O) groups excluding carboxylic acids is 3. The van der Waals surface area contributed by atoms with Gasteiger partial charge >= 0.3 is 5.69 Å². The number of halogens is 1. The number of hydrogen-bond acceptors (Lipinski definition) is 7. The molecule has 1 N–H and O–H groups in total. The number of aromatic nitrogens is 4. The number of ketones is 1. The number of nitrogens with zero attached hydrogens (tertiary/aromatic N) is 5. The Morgan fingerprint density at radius 1 is 1.00 bits per heavy atom. The third-order valence-corrected chi connectivity index (χ3v) is 9.47. The second kappa shape index (κ2) is 14.4. The Hall–Kier alpha value is -5.36. The number of nitrogens with one attached hydrogen (secondary N) is 1. The summed E-state index contributed by atoms with van der Waals surface area (Å²) in [5.74, 6) is 0.278. The van der Waals surface area contributed by atoms with Crippen molar-refractivity contribution in [2.45, 2.75) is 52.9 Å². The van der Waals surface area contributed by atoms with E-state index in [1.54, 1.807) is 65.2 Å². The number of carbonyl (C=O) groups is 3. The topological polar surface area (TPSA) is 128 Å². The average molecular weight is 724 g/mol. The first-order chi connectivity index (χ1) is 23.7. The van der Waals surface area contributed by atoms with Gasteiger partial charge in [0.15, 0.2) is 11.6 Å². The Kier molecular flexibility index (Phi) is 9.86. The summed E-state index contributed by atoms with van der Waals surface area (Å²) in [5.41, 5.74) is 3.61. The second-order valence-corrected chi connectivity index (χ2v) is 12.7. The molecule has 5 aromatic rings. The van der Waals surface area contributed by atoms with Crippen molar-refractivity contribution in [1.29, 1.82) is 0 Å². The maximum absolute atomic E-state index is 14.2. The number of amides is 2. The summed E-state index contributed by atoms with van der Waals surface area (Å²) < 4.78 is 9.46. The highest BCUT2D eigenvalue weighted by Gasteiger charge is 2.35. The van der Waals surface area contributed by atoms with E-state index in [0.717, 1.165) is 21.2 Å². The number of aryl methyl sites for hydroxylation is 1. The standard InChI is InChI=1S/C37H35BrN6O5/c1-4-28(45)22-49-29-13-11-27(12-14-29)44-33(35(46)41-19-26-8-5-6-9-30(26)34-39-16-7-17-40-34)32-21-42(24(3)20-43(32)37(44)48)36(47)25-10-15-31(38)23(2)18-25/h5-18,24H,4,19-22H2,1-3H3,(H,41,46)/t24-/m0/s1. The van der Waals surface area contributed by atoms with Crippen molar-refractivity contribution >= 4 is 33.5 Å². The van der Waals surface area contributed by atoms with E-state index in [-0.39, 0.29) is 49.7 Å². The van der Waals surface area contributed by atoms with Crippen LogP contribution in [0, 0.1) is 6.92 Å². The SMILES string of the molecule is CCC(=O)COc1ccc(-n2c(C(=O)NCc3ccccc3-c3ncccn3)c3n(c2=O)C[C@H](C)N(C(=O)c2ccc(Br)c(C)c2)C3)cc1. The van der Waals surface area contributed by atoms with E-state index in [4.69, 9.17) is 4.74 Å². The van der Waals surface area contributed by atoms with Gasteiger partial charge < -0.3 is 15.0 Å². The second-order valence-electron chi connectivity index (χ2n) is 11.9. The Balaban J connectivity index is 1.38. The largest absolute Gasteiger partial charge is 0.486 e. The zero-order valence-corrected chi connectivity index (χ0v) is 28.9. The van der Waals surface area contributed by atoms with Gasteiger partial charge in [0, 0.05) is 53.5 Å². The Morgan fingerprint density at radius 3 is 2.45 bits per heavy atom. The van der Waals surface area contributed by atoms with Gasteiger partial charge in [-0.3, -0.25) is 23.5 Å². The summed E-state index contributed by atoms with van der Waals surface area (Å²) in [6.45, 7) is 5.92. The van der Waals surface area contributed by atoms with Crippen LogP contribution in [0.3, 0.4) is 0 Å². The molecule has 1 atom stereocenters. The fourth-order valence-electron chi connectivity index (χ4n) is 5.85. The van der Waals surface area contributed by atoms with Crippen molar-refractivity contribution in [2.75, 3.05) is 6.61 Å². The summed E-state index contributed by atoms with van der Waals surface area (Å²) in [5, 5.41) is 3.01. The Labute approximate surface area is 291 Å². The first-order valence-electron chi connectivity index (χ1n) is 16.0. The summed E-state index contributed by atoms with van der Waals surface area (Å²) >= 11 is 3.50. The monoisotopic (exact) mass is 722 g/mol. The van der Waals surface area contributed by atoms with E-state index < -0.39 is 11.6 Å². The average Bonchev–Trinajstić information content (AvgIpc) is 3.41. The molecule has 0 saturated carbocycles. The molecule has 12 heteroatoms. The number of hydrogen-bond donors (Lipinski definition) is 1. The zero-order valence-electron chi connectivity index (χ0n) is 27.4. The van der Waals surface area contributed by atoms with Crippen LogP contribution >= 0.6 is 15.9 Å². The number of imidazole rings is 1. The first kappa shape index (κ1) is 33.5. The van der Waals surface area contributed by atoms with Crippen molar-refractivity contribution in [3.63, 3.8) is 0 Å². The lowest BCUT2D eigenvalue weighted by Gasteiger charge is -2.34. The minimum Gasteiger partial charge on any atom is -0.486 e. The molecule has 2 aromatic heterocycles. The highest BCUT2D eigenvalue weighted by Crippen LogP contribution is 2.27. The zero-order chi connectivity index (χ0) is 34.7. The molecule has 11 nitrogen and oxygen atoms in total. The molecule has 2 amide bonds. The molecule has 0 spiro atoms. The molecular formula is C37H35BrN6O5. The summed E-state index contributed by atoms with van der Waals surface area (Å²) in [6.07, 6.45) is 3.68. The highest BCUT2D eigenvalue weighted by atomic mass is 79.9. The van der Waals surface area contributed by atoms with E-state index in [1.165, 1.54) is 4.57 Å². The predicted octanol–water partition coefficient (Wildman–Crippen LogP) is 5.50. The summed E-state index contributed by atoms with van der Waals surface area (Å²) in [4.78, 5) is 64.4. The molecule has 0 saturated heterocycles. The van der Waals surface area contributed by atoms with Crippen LogP contribution in [0.4, 0.5) is 0 Å². The lowest BCUT2D eigenvalue weighted by Crippen LogP contribution is -2.47. The van der Waals surface area contributed by atoms with Crippen LogP contribution in [0.25, 0.3) is 17.1 Å². The van der Waals surface area contributed by atoms with Crippen molar-refractivity contribution in [3.8, 4) is 22.8 Å². The molecule has 3 heterocycles. The normalized spacial score (nSPS) is 13.9. The smallest absolute Gasteiger partial charge is 0.333 e. The molecule has 250 valence electrons. The lowest BCUT2D eigenvalue weighted by molar-refractivity contribution is -0.120. The fraction of sp³-hybridized carbons (Fsp3) is 0.243. The van der Waals surface area contributed by atoms with Crippen LogP contribution in [0.1, 0.15) is 57.9 Å². The minimum absolute atomic E-state index is 0.0358. The van der Waals surface area contributed by atoms with Crippen LogP contribution in [-0.2, 0) is 24.4 Å². The van der Waals surface area contributed by atoms with Gasteiger partial charge in [-0.2, -0.15) is 0 Å². The van der Waals surface area contributed by atoms with Gasteiger partial charge in [0.25, 0.3) is 11.8 Å². The van der Waals surface area contributed by atoms with E-state index in [9.17, 15) is 19.2 Å². The van der Waals surface area contributed by atoms with E-state index in [2.05, 4.69) is 31.2 Å². The maximum Gasteiger partial charge on any atom is 0.333 e. The first-order valence-corrected chi connectivity index (χ1v) is 16.8. The van der Waals surface area contributed by atoms with Crippen molar-refractivity contribution in [3.05, 3.63) is 128 Å². The molecule has 6 rings (SSSR count). The van der Waals surface area contributed by atoms with Gasteiger partial charge in [-0.25, -0.2) is 14.8 Å². The quantitative estimate of drug-likeness (QED) is 0.202. The number of Topliss-reactive ketones (excluding diaryl/α,β-unsaturated/α-hetero) is 1. The van der Waals surface area contributed by atoms with E-state index in [1.807, 2.05) is 50.2 Å². The van der Waals surface area contributed by atoms with Gasteiger partial charge in [0.05, 0.1) is 17.9 Å². The molecule has 49 heavy (non-hydrogen) atoms. The van der Waals surface area contributed by atoms with Crippen LogP contribution < -0.4 is 15.7 Å². The van der Waals surface area contributed by atoms with Gasteiger partial charge in [0.1, 0.15) is 18.1 Å². The van der Waals surface area contributed by atoms with Gasteiger partial charge in [-0.15, -0.1) is 0 Å². The number of benzene rings is 3. The molecule has 1 aliphatic heterocycles. The molecule has 1 aliphatic rings. The molecule has 0 fully saturated rings. The molecule has 0 bridgehead atoms. The van der Waals surface area contributed by atoms with E-state index in [0.29, 0.717) is 34.9 Å². The van der Waals surface area contributed by atoms with Gasteiger partial charge in [0.2, 0.25) is 0 Å². The highest BCUT2D eigenvalue weighted by molar-refractivity contribution is 9.10. The van der Waals surface area contributed by atoms with Crippen LogP contribution in [-0.4, -0.2) is 54.2 Å². The van der Waals surface area contributed by atoms with Crippen LogP contribution in [0.2, 0.25) is 0 Å². The van der Waals surface area contributed by atoms with Gasteiger partial charge in [-0.05, 0) is 73.5 Å². The third-order valence-electron chi connectivity index (χ3n) is 8.58. The number of fused-ring (bicyclic) bond motifs is 1. The molecule has 3 aromatic carbocycles. The van der Waals surface area contributed by atoms with Crippen LogP contribution in [0.15, 0.2) is 94.5 Å². The maximum atomic E-state index is 14.2. The predicted molar refractivity (Wildman–Crippen MR) is 188 cm³/mol. The van der Waals surface area contributed by atoms with Crippen molar-refractivity contribution < 1.29 is 19.1 Å². The van der Waals surface area contributed by atoms with Crippen molar-refractivity contribution in [1.82, 2.24) is 29.3 Å². The molecule has 0 aliphatic carbocycles. The Bertz CT molecular complexity index is 2090. The summed E-state index contributed by atoms with van der Waals surface area (Å²) in [6, 6.07) is 21.0. The van der Waals surface area contributed by atoms with Gasteiger partial charge in [-0.1, -0.05) is 47.1 Å². The minimum atomic E-state index is -0.482. The Morgan fingerprint density at radius 2 is 1.73 bits per heavy atom. The lowest BCUT2D eigenvalue weighted by atomic mass is 10.1. The van der Waals surface area contributed by atoms with E-state index >= 15 is 0 Å².